The first-order valence-corrected chi connectivity index (χ1v) is 7.96. The molecule has 0 aromatic carbocycles. The Hall–Kier alpha value is -0.770. The molecular weight excluding hydrogens is 254 g/mol. The molecule has 1 amide bonds. The number of hydrogen-bond acceptors (Lipinski definition) is 3. The van der Waals surface area contributed by atoms with Gasteiger partial charge in [0.05, 0.1) is 18.7 Å². The van der Waals surface area contributed by atoms with Gasteiger partial charge in [0.25, 0.3) is 0 Å². The van der Waals surface area contributed by atoms with Gasteiger partial charge in [0, 0.05) is 0 Å². The van der Waals surface area contributed by atoms with E-state index < -0.39 is 11.2 Å². The van der Waals surface area contributed by atoms with Crippen LogP contribution in [0.25, 0.3) is 0 Å². The SMILES string of the molecule is CCCCCCCCC1(O)CN(C(=O)OC(C)(C)C)C1. The molecule has 0 saturated carbocycles. The summed E-state index contributed by atoms with van der Waals surface area (Å²) in [6.07, 6.45) is 7.80. The molecule has 1 rings (SSSR count). The highest BCUT2D eigenvalue weighted by molar-refractivity contribution is 5.69. The summed E-state index contributed by atoms with van der Waals surface area (Å²) in [5.41, 5.74) is -1.15. The number of ether oxygens (including phenoxy) is 1. The van der Waals surface area contributed by atoms with Crippen molar-refractivity contribution in [2.24, 2.45) is 0 Å². The predicted octanol–water partition coefficient (Wildman–Crippen LogP) is 3.72. The first-order valence-electron chi connectivity index (χ1n) is 7.96. The van der Waals surface area contributed by atoms with Crippen molar-refractivity contribution in [3.63, 3.8) is 0 Å². The Bertz CT molecular complexity index is 303. The van der Waals surface area contributed by atoms with Gasteiger partial charge in [-0.05, 0) is 27.2 Å². The summed E-state index contributed by atoms with van der Waals surface area (Å²) in [5.74, 6) is 0. The van der Waals surface area contributed by atoms with Crippen molar-refractivity contribution in [3.8, 4) is 0 Å². The molecule has 20 heavy (non-hydrogen) atoms. The number of likely N-dealkylation sites (tertiary alicyclic amines) is 1. The summed E-state index contributed by atoms with van der Waals surface area (Å²) < 4.78 is 5.28. The Morgan fingerprint density at radius 3 is 2.25 bits per heavy atom. The summed E-state index contributed by atoms with van der Waals surface area (Å²) in [4.78, 5) is 13.4. The van der Waals surface area contributed by atoms with E-state index in [2.05, 4.69) is 6.92 Å². The van der Waals surface area contributed by atoms with Crippen molar-refractivity contribution in [3.05, 3.63) is 0 Å². The van der Waals surface area contributed by atoms with Crippen LogP contribution in [0.15, 0.2) is 0 Å². The molecule has 0 atom stereocenters. The Kier molecular flexibility index (Phi) is 6.31. The molecule has 4 heteroatoms. The zero-order valence-electron chi connectivity index (χ0n) is 13.6. The van der Waals surface area contributed by atoms with Crippen molar-refractivity contribution in [1.29, 1.82) is 0 Å². The van der Waals surface area contributed by atoms with Crippen LogP contribution in [0.4, 0.5) is 4.79 Å². The van der Waals surface area contributed by atoms with E-state index in [1.165, 1.54) is 32.1 Å². The third-order valence-corrected chi connectivity index (χ3v) is 3.62. The van der Waals surface area contributed by atoms with Gasteiger partial charge in [-0.1, -0.05) is 45.4 Å². The van der Waals surface area contributed by atoms with Crippen LogP contribution < -0.4 is 0 Å². The summed E-state index contributed by atoms with van der Waals surface area (Å²) >= 11 is 0. The van der Waals surface area contributed by atoms with Crippen LogP contribution in [0.3, 0.4) is 0 Å². The molecule has 1 saturated heterocycles. The van der Waals surface area contributed by atoms with E-state index in [1.54, 1.807) is 4.90 Å². The molecule has 0 aromatic rings. The zero-order valence-corrected chi connectivity index (χ0v) is 13.6. The average Bonchev–Trinajstić information content (AvgIpc) is 2.28. The van der Waals surface area contributed by atoms with E-state index in [1.807, 2.05) is 20.8 Å². The molecule has 0 spiro atoms. The van der Waals surface area contributed by atoms with Crippen LogP contribution in [0.1, 0.15) is 72.6 Å². The number of aliphatic hydroxyl groups is 1. The standard InChI is InChI=1S/C16H31NO3/c1-5-6-7-8-9-10-11-16(19)12-17(13-16)14(18)20-15(2,3)4/h19H,5-13H2,1-4H3. The van der Waals surface area contributed by atoms with E-state index in [0.29, 0.717) is 13.1 Å². The summed E-state index contributed by atoms with van der Waals surface area (Å²) in [5, 5.41) is 10.3. The Labute approximate surface area is 123 Å². The van der Waals surface area contributed by atoms with Gasteiger partial charge in [-0.15, -0.1) is 0 Å². The van der Waals surface area contributed by atoms with Gasteiger partial charge in [-0.2, -0.15) is 0 Å². The number of carbonyl (C=O) groups excluding carboxylic acids is 1. The Morgan fingerprint density at radius 2 is 1.70 bits per heavy atom. The van der Waals surface area contributed by atoms with E-state index in [-0.39, 0.29) is 6.09 Å². The number of nitrogens with zero attached hydrogens (tertiary/aromatic N) is 1. The van der Waals surface area contributed by atoms with Gasteiger partial charge in [0.15, 0.2) is 0 Å². The molecular formula is C16H31NO3. The van der Waals surface area contributed by atoms with Gasteiger partial charge in [-0.3, -0.25) is 0 Å². The number of hydrogen-bond donors (Lipinski definition) is 1. The third-order valence-electron chi connectivity index (χ3n) is 3.62. The van der Waals surface area contributed by atoms with Crippen molar-refractivity contribution in [2.75, 3.05) is 13.1 Å². The number of amides is 1. The largest absolute Gasteiger partial charge is 0.444 e. The van der Waals surface area contributed by atoms with Crippen LogP contribution in [0, 0.1) is 0 Å². The van der Waals surface area contributed by atoms with Crippen molar-refractivity contribution < 1.29 is 14.6 Å². The normalized spacial score (nSPS) is 17.8. The lowest BCUT2D eigenvalue weighted by molar-refractivity contribution is -0.103. The van der Waals surface area contributed by atoms with E-state index in [4.69, 9.17) is 4.74 Å². The Morgan fingerprint density at radius 1 is 1.15 bits per heavy atom. The molecule has 1 fully saturated rings. The van der Waals surface area contributed by atoms with Gasteiger partial charge in [0.1, 0.15) is 5.60 Å². The minimum Gasteiger partial charge on any atom is -0.444 e. The van der Waals surface area contributed by atoms with Crippen molar-refractivity contribution in [2.45, 2.75) is 83.8 Å². The molecule has 1 aliphatic heterocycles. The first kappa shape index (κ1) is 17.3. The Balaban J connectivity index is 2.13. The lowest BCUT2D eigenvalue weighted by Crippen LogP contribution is -2.64. The van der Waals surface area contributed by atoms with Gasteiger partial charge in [-0.25, -0.2) is 4.79 Å². The fourth-order valence-corrected chi connectivity index (χ4v) is 2.51. The van der Waals surface area contributed by atoms with E-state index in [9.17, 15) is 9.90 Å². The lowest BCUT2D eigenvalue weighted by Gasteiger charge is -2.46. The van der Waals surface area contributed by atoms with Gasteiger partial charge in [0.2, 0.25) is 0 Å². The minimum atomic E-state index is -0.679. The molecule has 1 aliphatic rings. The van der Waals surface area contributed by atoms with Crippen molar-refractivity contribution in [1.82, 2.24) is 4.90 Å². The number of rotatable bonds is 7. The second kappa shape index (κ2) is 7.30. The number of carbonyl (C=O) groups is 1. The average molecular weight is 285 g/mol. The van der Waals surface area contributed by atoms with Crippen LogP contribution in [0.5, 0.6) is 0 Å². The highest BCUT2D eigenvalue weighted by atomic mass is 16.6. The molecule has 0 radical (unpaired) electrons. The highest BCUT2D eigenvalue weighted by Crippen LogP contribution is 2.28. The summed E-state index contributed by atoms with van der Waals surface area (Å²) in [7, 11) is 0. The molecule has 118 valence electrons. The molecule has 0 bridgehead atoms. The van der Waals surface area contributed by atoms with Crippen LogP contribution >= 0.6 is 0 Å². The predicted molar refractivity (Wildman–Crippen MR) is 80.7 cm³/mol. The van der Waals surface area contributed by atoms with Crippen molar-refractivity contribution >= 4 is 6.09 Å². The second-order valence-corrected chi connectivity index (χ2v) is 7.08. The lowest BCUT2D eigenvalue weighted by atomic mass is 9.88. The van der Waals surface area contributed by atoms with Crippen LogP contribution in [-0.2, 0) is 4.74 Å². The first-order chi connectivity index (χ1) is 9.26. The number of β-amino-alcohol motifs (C(OH)–C–C–N with tert-alkyl or cyclic N) is 1. The zero-order chi connectivity index (χ0) is 15.2. The molecule has 0 aromatic heterocycles. The molecule has 1 N–H and O–H groups in total. The molecule has 1 heterocycles. The maximum atomic E-state index is 11.8. The number of unbranched alkanes of at least 4 members (excludes halogenated alkanes) is 5. The van der Waals surface area contributed by atoms with Crippen LogP contribution in [0.2, 0.25) is 0 Å². The van der Waals surface area contributed by atoms with E-state index in [0.717, 1.165) is 12.8 Å². The molecule has 4 nitrogen and oxygen atoms in total. The quantitative estimate of drug-likeness (QED) is 0.725. The van der Waals surface area contributed by atoms with Gasteiger partial charge >= 0.3 is 6.09 Å². The van der Waals surface area contributed by atoms with Crippen LogP contribution in [-0.4, -0.2) is 40.4 Å². The maximum Gasteiger partial charge on any atom is 0.410 e. The highest BCUT2D eigenvalue weighted by Gasteiger charge is 2.44. The minimum absolute atomic E-state index is 0.315. The van der Waals surface area contributed by atoms with Gasteiger partial charge < -0.3 is 14.7 Å². The second-order valence-electron chi connectivity index (χ2n) is 7.08. The van der Waals surface area contributed by atoms with E-state index >= 15 is 0 Å². The molecule has 0 aliphatic carbocycles. The molecule has 0 unspecified atom stereocenters. The smallest absolute Gasteiger partial charge is 0.410 e. The topological polar surface area (TPSA) is 49.8 Å². The maximum absolute atomic E-state index is 11.8. The fraction of sp³-hybridized carbons (Fsp3) is 0.938. The fourth-order valence-electron chi connectivity index (χ4n) is 2.51. The monoisotopic (exact) mass is 285 g/mol. The summed E-state index contributed by atoms with van der Waals surface area (Å²) in [6.45, 7) is 8.60. The summed E-state index contributed by atoms with van der Waals surface area (Å²) in [6, 6.07) is 0. The third kappa shape index (κ3) is 6.12.